The Kier molecular flexibility index (Phi) is 7.17. The molecule has 110 valence electrons. The van der Waals surface area contributed by atoms with Gasteiger partial charge >= 0.3 is 0 Å². The minimum absolute atomic E-state index is 0.00444. The molecular formula is C13H18BrN3O3. The Morgan fingerprint density at radius 3 is 2.70 bits per heavy atom. The number of rotatable bonds is 8. The van der Waals surface area contributed by atoms with E-state index in [1.807, 2.05) is 0 Å². The standard InChI is InChI=1S/C13H18BrN3O3/c1-2-5-15-6-7-16-13(18)8-10-3-4-11(17(19)20)9-12(10)14/h3-4,9,15H,2,5-8H2,1H3,(H,16,18). The van der Waals surface area contributed by atoms with Crippen molar-refractivity contribution in [1.29, 1.82) is 0 Å². The number of nitro benzene ring substituents is 1. The van der Waals surface area contributed by atoms with Crippen LogP contribution in [0.2, 0.25) is 0 Å². The van der Waals surface area contributed by atoms with Gasteiger partial charge in [-0.2, -0.15) is 0 Å². The van der Waals surface area contributed by atoms with Gasteiger partial charge in [-0.1, -0.05) is 28.9 Å². The summed E-state index contributed by atoms with van der Waals surface area (Å²) >= 11 is 3.25. The van der Waals surface area contributed by atoms with Crippen LogP contribution in [-0.2, 0) is 11.2 Å². The van der Waals surface area contributed by atoms with Gasteiger partial charge in [-0.15, -0.1) is 0 Å². The van der Waals surface area contributed by atoms with Gasteiger partial charge in [0.25, 0.3) is 5.69 Å². The number of benzene rings is 1. The Morgan fingerprint density at radius 1 is 1.35 bits per heavy atom. The molecule has 20 heavy (non-hydrogen) atoms. The van der Waals surface area contributed by atoms with E-state index < -0.39 is 4.92 Å². The summed E-state index contributed by atoms with van der Waals surface area (Å²) in [5.74, 6) is -0.0992. The van der Waals surface area contributed by atoms with Crippen LogP contribution in [0.1, 0.15) is 18.9 Å². The van der Waals surface area contributed by atoms with E-state index in [4.69, 9.17) is 0 Å². The fourth-order valence-corrected chi connectivity index (χ4v) is 2.13. The van der Waals surface area contributed by atoms with Crippen molar-refractivity contribution in [3.05, 3.63) is 38.3 Å². The maximum atomic E-state index is 11.7. The summed E-state index contributed by atoms with van der Waals surface area (Å²) in [6, 6.07) is 4.40. The van der Waals surface area contributed by atoms with Gasteiger partial charge in [0.05, 0.1) is 11.3 Å². The molecule has 0 aromatic heterocycles. The summed E-state index contributed by atoms with van der Waals surface area (Å²) in [7, 11) is 0. The van der Waals surface area contributed by atoms with Crippen molar-refractivity contribution in [3.8, 4) is 0 Å². The second-order valence-electron chi connectivity index (χ2n) is 4.31. The monoisotopic (exact) mass is 343 g/mol. The lowest BCUT2D eigenvalue weighted by Gasteiger charge is -2.07. The molecule has 0 aliphatic rings. The van der Waals surface area contributed by atoms with E-state index in [1.165, 1.54) is 12.1 Å². The molecule has 0 aliphatic carbocycles. The Bertz CT molecular complexity index is 480. The molecule has 1 amide bonds. The zero-order valence-electron chi connectivity index (χ0n) is 11.3. The Labute approximate surface area is 126 Å². The van der Waals surface area contributed by atoms with E-state index in [9.17, 15) is 14.9 Å². The fourth-order valence-electron chi connectivity index (χ4n) is 1.62. The summed E-state index contributed by atoms with van der Waals surface area (Å²) in [4.78, 5) is 21.9. The van der Waals surface area contributed by atoms with Crippen LogP contribution in [0.5, 0.6) is 0 Å². The summed E-state index contributed by atoms with van der Waals surface area (Å²) in [6.07, 6.45) is 1.26. The number of hydrogen-bond donors (Lipinski definition) is 2. The summed E-state index contributed by atoms with van der Waals surface area (Å²) in [5, 5.41) is 16.6. The van der Waals surface area contributed by atoms with Gasteiger partial charge in [-0.3, -0.25) is 14.9 Å². The summed E-state index contributed by atoms with van der Waals surface area (Å²) < 4.78 is 0.575. The zero-order valence-corrected chi connectivity index (χ0v) is 12.9. The normalized spacial score (nSPS) is 10.3. The molecule has 0 heterocycles. The molecule has 7 heteroatoms. The maximum absolute atomic E-state index is 11.7. The van der Waals surface area contributed by atoms with Crippen molar-refractivity contribution in [2.24, 2.45) is 0 Å². The second-order valence-corrected chi connectivity index (χ2v) is 5.16. The van der Waals surface area contributed by atoms with Gasteiger partial charge < -0.3 is 10.6 Å². The molecule has 0 radical (unpaired) electrons. The average molecular weight is 344 g/mol. The predicted octanol–water partition coefficient (Wildman–Crippen LogP) is 2.02. The van der Waals surface area contributed by atoms with Gasteiger partial charge in [-0.25, -0.2) is 0 Å². The average Bonchev–Trinajstić information content (AvgIpc) is 2.40. The van der Waals surface area contributed by atoms with E-state index in [1.54, 1.807) is 6.07 Å². The highest BCUT2D eigenvalue weighted by molar-refractivity contribution is 9.10. The lowest BCUT2D eigenvalue weighted by atomic mass is 10.1. The fraction of sp³-hybridized carbons (Fsp3) is 0.462. The summed E-state index contributed by atoms with van der Waals surface area (Å²) in [6.45, 7) is 4.33. The first kappa shape index (κ1) is 16.6. The number of halogens is 1. The second kappa shape index (κ2) is 8.65. The van der Waals surface area contributed by atoms with Crippen LogP contribution < -0.4 is 10.6 Å². The SMILES string of the molecule is CCCNCCNC(=O)Cc1ccc([N+](=O)[O-])cc1Br. The van der Waals surface area contributed by atoms with Crippen molar-refractivity contribution < 1.29 is 9.72 Å². The van der Waals surface area contributed by atoms with E-state index in [0.29, 0.717) is 11.0 Å². The van der Waals surface area contributed by atoms with Gasteiger partial charge in [0, 0.05) is 29.7 Å². The largest absolute Gasteiger partial charge is 0.355 e. The number of nitrogens with zero attached hydrogens (tertiary/aromatic N) is 1. The van der Waals surface area contributed by atoms with Crippen LogP contribution in [0.25, 0.3) is 0 Å². The van der Waals surface area contributed by atoms with E-state index >= 15 is 0 Å². The first-order valence-electron chi connectivity index (χ1n) is 6.44. The number of carbonyl (C=O) groups is 1. The third kappa shape index (κ3) is 5.66. The molecule has 1 aromatic carbocycles. The number of nitrogens with one attached hydrogen (secondary N) is 2. The quantitative estimate of drug-likeness (QED) is 0.429. The Hall–Kier alpha value is -1.47. The highest BCUT2D eigenvalue weighted by atomic mass is 79.9. The first-order valence-corrected chi connectivity index (χ1v) is 7.24. The highest BCUT2D eigenvalue weighted by Gasteiger charge is 2.11. The first-order chi connectivity index (χ1) is 9.54. The molecule has 0 saturated heterocycles. The van der Waals surface area contributed by atoms with Crippen molar-refractivity contribution in [2.45, 2.75) is 19.8 Å². The molecular weight excluding hydrogens is 326 g/mol. The van der Waals surface area contributed by atoms with Crippen LogP contribution in [0.4, 0.5) is 5.69 Å². The molecule has 0 aliphatic heterocycles. The van der Waals surface area contributed by atoms with Gasteiger partial charge in [-0.05, 0) is 18.5 Å². The molecule has 0 saturated carbocycles. The van der Waals surface area contributed by atoms with E-state index in [2.05, 4.69) is 33.5 Å². The molecule has 1 aromatic rings. The molecule has 0 spiro atoms. The highest BCUT2D eigenvalue weighted by Crippen LogP contribution is 2.23. The van der Waals surface area contributed by atoms with Gasteiger partial charge in [0.2, 0.25) is 5.91 Å². The van der Waals surface area contributed by atoms with Crippen LogP contribution >= 0.6 is 15.9 Å². The molecule has 2 N–H and O–H groups in total. The lowest BCUT2D eigenvalue weighted by molar-refractivity contribution is -0.384. The lowest BCUT2D eigenvalue weighted by Crippen LogP contribution is -2.33. The molecule has 6 nitrogen and oxygen atoms in total. The molecule has 0 unspecified atom stereocenters. The van der Waals surface area contributed by atoms with E-state index in [0.717, 1.165) is 25.1 Å². The van der Waals surface area contributed by atoms with Crippen LogP contribution in [0, 0.1) is 10.1 Å². The van der Waals surface area contributed by atoms with Gasteiger partial charge in [0.15, 0.2) is 0 Å². The molecule has 0 bridgehead atoms. The number of non-ortho nitro benzene ring substituents is 1. The van der Waals surface area contributed by atoms with Crippen molar-refractivity contribution >= 4 is 27.5 Å². The number of amides is 1. The minimum Gasteiger partial charge on any atom is -0.355 e. The Balaban J connectivity index is 2.44. The third-order valence-corrected chi connectivity index (χ3v) is 3.39. The van der Waals surface area contributed by atoms with Gasteiger partial charge in [0.1, 0.15) is 0 Å². The zero-order chi connectivity index (χ0) is 15.0. The molecule has 1 rings (SSSR count). The molecule has 0 fully saturated rings. The van der Waals surface area contributed by atoms with Crippen molar-refractivity contribution in [1.82, 2.24) is 10.6 Å². The van der Waals surface area contributed by atoms with Crippen LogP contribution in [0.15, 0.2) is 22.7 Å². The maximum Gasteiger partial charge on any atom is 0.270 e. The number of carbonyl (C=O) groups excluding carboxylic acids is 1. The number of hydrogen-bond acceptors (Lipinski definition) is 4. The topological polar surface area (TPSA) is 84.3 Å². The minimum atomic E-state index is -0.464. The smallest absolute Gasteiger partial charge is 0.270 e. The summed E-state index contributed by atoms with van der Waals surface area (Å²) in [5.41, 5.74) is 0.736. The van der Waals surface area contributed by atoms with Crippen molar-refractivity contribution in [2.75, 3.05) is 19.6 Å². The van der Waals surface area contributed by atoms with Crippen LogP contribution in [0.3, 0.4) is 0 Å². The van der Waals surface area contributed by atoms with E-state index in [-0.39, 0.29) is 18.0 Å². The predicted molar refractivity (Wildman–Crippen MR) is 80.7 cm³/mol. The van der Waals surface area contributed by atoms with Crippen LogP contribution in [-0.4, -0.2) is 30.5 Å². The third-order valence-electron chi connectivity index (χ3n) is 2.65. The number of nitro groups is 1. The Morgan fingerprint density at radius 2 is 2.10 bits per heavy atom. The van der Waals surface area contributed by atoms with Crippen molar-refractivity contribution in [3.63, 3.8) is 0 Å². The molecule has 0 atom stereocenters.